The summed E-state index contributed by atoms with van der Waals surface area (Å²) < 4.78 is 17.2. The number of fused-ring (bicyclic) bond motifs is 1. The maximum atomic E-state index is 13.1. The molecule has 0 saturated heterocycles. The lowest BCUT2D eigenvalue weighted by Gasteiger charge is -2.19. The molecule has 0 atom stereocenters. The Hall–Kier alpha value is -4.64. The number of hydrogen-bond donors (Lipinski definition) is 0. The van der Waals surface area contributed by atoms with Gasteiger partial charge in [0.05, 0.1) is 10.9 Å². The Balaban J connectivity index is 1.31. The first-order valence-electron chi connectivity index (χ1n) is 13.0. The van der Waals surface area contributed by atoms with Crippen LogP contribution in [0.25, 0.3) is 11.0 Å². The van der Waals surface area contributed by atoms with Crippen LogP contribution in [-0.2, 0) is 18.3 Å². The molecule has 0 saturated carbocycles. The number of benzene rings is 4. The predicted molar refractivity (Wildman–Crippen MR) is 153 cm³/mol. The zero-order chi connectivity index (χ0) is 27.4. The third kappa shape index (κ3) is 6.10. The van der Waals surface area contributed by atoms with Gasteiger partial charge in [-0.15, -0.1) is 0 Å². The summed E-state index contributed by atoms with van der Waals surface area (Å²) in [6, 6.07) is 30.0. The molecule has 0 aliphatic carbocycles. The first-order chi connectivity index (χ1) is 18.8. The third-order valence-corrected chi connectivity index (χ3v) is 6.64. The quantitative estimate of drug-likeness (QED) is 0.162. The van der Waals surface area contributed by atoms with Gasteiger partial charge in [-0.05, 0) is 65.3 Å². The number of aryl methyl sites for hydroxylation is 2. The molecule has 0 aliphatic heterocycles. The largest absolute Gasteiger partial charge is 0.460 e. The minimum Gasteiger partial charge on any atom is -0.460 e. The average molecular weight is 519 g/mol. The number of hydrogen-bond acceptors (Lipinski definition) is 5. The summed E-state index contributed by atoms with van der Waals surface area (Å²) in [5.41, 5.74) is 3.81. The highest BCUT2D eigenvalue weighted by atomic mass is 16.5. The van der Waals surface area contributed by atoms with E-state index < -0.39 is 5.97 Å². The van der Waals surface area contributed by atoms with E-state index in [0.717, 1.165) is 12.0 Å². The molecule has 5 rings (SSSR count). The Kier molecular flexibility index (Phi) is 7.33. The van der Waals surface area contributed by atoms with E-state index in [9.17, 15) is 9.59 Å². The summed E-state index contributed by atoms with van der Waals surface area (Å²) >= 11 is 0. The molecule has 1 aromatic heterocycles. The van der Waals surface area contributed by atoms with Crippen molar-refractivity contribution < 1.29 is 18.7 Å². The molecule has 5 aromatic rings. The monoisotopic (exact) mass is 518 g/mol. The summed E-state index contributed by atoms with van der Waals surface area (Å²) in [5.74, 6) is 0.466. The lowest BCUT2D eigenvalue weighted by molar-refractivity contribution is 0.0733. The first kappa shape index (κ1) is 26.0. The van der Waals surface area contributed by atoms with Crippen molar-refractivity contribution >= 4 is 16.9 Å². The smallest absolute Gasteiger partial charge is 0.343 e. The van der Waals surface area contributed by atoms with Crippen molar-refractivity contribution in [1.29, 1.82) is 0 Å². The van der Waals surface area contributed by atoms with Gasteiger partial charge in [0.25, 0.3) is 0 Å². The van der Waals surface area contributed by atoms with Crippen molar-refractivity contribution in [2.45, 2.75) is 39.0 Å². The van der Waals surface area contributed by atoms with Gasteiger partial charge in [0, 0.05) is 6.07 Å². The van der Waals surface area contributed by atoms with E-state index in [-0.39, 0.29) is 16.6 Å². The van der Waals surface area contributed by atoms with E-state index in [1.165, 1.54) is 17.4 Å². The molecular weight excluding hydrogens is 488 g/mol. The minimum atomic E-state index is -0.459. The third-order valence-electron chi connectivity index (χ3n) is 6.64. The Morgan fingerprint density at radius 2 is 1.49 bits per heavy atom. The lowest BCUT2D eigenvalue weighted by Crippen LogP contribution is -2.12. The zero-order valence-electron chi connectivity index (χ0n) is 22.3. The van der Waals surface area contributed by atoms with Gasteiger partial charge >= 0.3 is 5.97 Å². The van der Waals surface area contributed by atoms with Crippen LogP contribution in [0.2, 0.25) is 0 Å². The molecule has 5 heteroatoms. The van der Waals surface area contributed by atoms with Crippen LogP contribution in [-0.4, -0.2) is 5.97 Å². The molecule has 0 aliphatic rings. The van der Waals surface area contributed by atoms with Crippen LogP contribution in [0.3, 0.4) is 0 Å². The van der Waals surface area contributed by atoms with Gasteiger partial charge in [0.1, 0.15) is 23.3 Å². The molecular formula is C34H30O5. The molecule has 1 heterocycles. The average Bonchev–Trinajstić information content (AvgIpc) is 2.94. The van der Waals surface area contributed by atoms with Crippen LogP contribution in [0.4, 0.5) is 0 Å². The summed E-state index contributed by atoms with van der Waals surface area (Å²) in [6.07, 6.45) is 2.81. The normalized spacial score (nSPS) is 11.4. The van der Waals surface area contributed by atoms with Crippen molar-refractivity contribution in [3.63, 3.8) is 0 Å². The van der Waals surface area contributed by atoms with Crippen molar-refractivity contribution in [1.82, 2.24) is 0 Å². The molecule has 0 N–H and O–H groups in total. The molecule has 4 aromatic carbocycles. The molecule has 0 amide bonds. The molecule has 0 bridgehead atoms. The Bertz CT molecular complexity index is 1660. The van der Waals surface area contributed by atoms with E-state index in [1.807, 2.05) is 60.7 Å². The second-order valence-corrected chi connectivity index (χ2v) is 10.5. The topological polar surface area (TPSA) is 65.7 Å². The number of esters is 1. The SMILES string of the molecule is CC(C)(C)c1ccc(Oc2coc3cc(OC(=O)c4ccccc4CCc4ccccc4)ccc3c2=O)cc1. The van der Waals surface area contributed by atoms with Gasteiger partial charge in [-0.25, -0.2) is 4.79 Å². The number of carbonyl (C=O) groups excluding carboxylic acids is 1. The van der Waals surface area contributed by atoms with Crippen LogP contribution in [0, 0.1) is 0 Å². The van der Waals surface area contributed by atoms with E-state index in [1.54, 1.807) is 24.3 Å². The van der Waals surface area contributed by atoms with Gasteiger partial charge < -0.3 is 13.9 Å². The van der Waals surface area contributed by atoms with Gasteiger partial charge in [0.2, 0.25) is 11.2 Å². The highest BCUT2D eigenvalue weighted by molar-refractivity contribution is 5.93. The van der Waals surface area contributed by atoms with Gasteiger partial charge in [-0.1, -0.05) is 81.4 Å². The summed E-state index contributed by atoms with van der Waals surface area (Å²) in [7, 11) is 0. The molecule has 5 nitrogen and oxygen atoms in total. The lowest BCUT2D eigenvalue weighted by atomic mass is 9.87. The zero-order valence-corrected chi connectivity index (χ0v) is 22.3. The van der Waals surface area contributed by atoms with E-state index in [2.05, 4.69) is 32.9 Å². The first-order valence-corrected chi connectivity index (χ1v) is 13.0. The molecule has 0 fully saturated rings. The van der Waals surface area contributed by atoms with Gasteiger partial charge in [-0.2, -0.15) is 0 Å². The second kappa shape index (κ2) is 11.0. The number of rotatable bonds is 7. The highest BCUT2D eigenvalue weighted by Gasteiger charge is 2.17. The second-order valence-electron chi connectivity index (χ2n) is 10.5. The van der Waals surface area contributed by atoms with Crippen molar-refractivity contribution in [2.24, 2.45) is 0 Å². The van der Waals surface area contributed by atoms with E-state index in [0.29, 0.717) is 34.5 Å². The van der Waals surface area contributed by atoms with Crippen LogP contribution < -0.4 is 14.9 Å². The fourth-order valence-corrected chi connectivity index (χ4v) is 4.40. The molecule has 0 spiro atoms. The summed E-state index contributed by atoms with van der Waals surface area (Å²) in [5, 5.41) is 0.335. The van der Waals surface area contributed by atoms with Crippen LogP contribution in [0.1, 0.15) is 47.8 Å². The molecule has 196 valence electrons. The summed E-state index contributed by atoms with van der Waals surface area (Å²) in [6.45, 7) is 6.41. The molecule has 0 unspecified atom stereocenters. The van der Waals surface area contributed by atoms with Crippen LogP contribution in [0.15, 0.2) is 113 Å². The Morgan fingerprint density at radius 1 is 0.795 bits per heavy atom. The highest BCUT2D eigenvalue weighted by Crippen LogP contribution is 2.28. The molecule has 39 heavy (non-hydrogen) atoms. The van der Waals surface area contributed by atoms with Gasteiger partial charge in [0.15, 0.2) is 0 Å². The van der Waals surface area contributed by atoms with E-state index >= 15 is 0 Å². The van der Waals surface area contributed by atoms with Gasteiger partial charge in [-0.3, -0.25) is 4.79 Å². The van der Waals surface area contributed by atoms with Crippen LogP contribution >= 0.6 is 0 Å². The van der Waals surface area contributed by atoms with Crippen molar-refractivity contribution in [2.75, 3.05) is 0 Å². The number of carbonyl (C=O) groups is 1. The van der Waals surface area contributed by atoms with Crippen molar-refractivity contribution in [3.8, 4) is 17.2 Å². The fourth-order valence-electron chi connectivity index (χ4n) is 4.40. The van der Waals surface area contributed by atoms with Crippen LogP contribution in [0.5, 0.6) is 17.2 Å². The van der Waals surface area contributed by atoms with Crippen molar-refractivity contribution in [3.05, 3.63) is 136 Å². The fraction of sp³-hybridized carbons (Fsp3) is 0.176. The maximum Gasteiger partial charge on any atom is 0.343 e. The standard InChI is InChI=1S/C34H30O5/c1-34(2,3)25-15-17-26(18-16-25)38-31-22-37-30-21-27(19-20-29(30)32(31)35)39-33(36)28-12-8-7-11-24(28)14-13-23-9-5-4-6-10-23/h4-12,15-22H,13-14H2,1-3H3. The predicted octanol–water partition coefficient (Wildman–Crippen LogP) is 7.89. The molecule has 0 radical (unpaired) electrons. The minimum absolute atomic E-state index is 0.0197. The number of ether oxygens (including phenoxy) is 2. The Morgan fingerprint density at radius 3 is 2.23 bits per heavy atom. The summed E-state index contributed by atoms with van der Waals surface area (Å²) in [4.78, 5) is 26.1. The maximum absolute atomic E-state index is 13.1. The van der Waals surface area contributed by atoms with E-state index in [4.69, 9.17) is 13.9 Å². The Labute approximate surface area is 227 Å².